The van der Waals surface area contributed by atoms with Crippen LogP contribution in [0.1, 0.15) is 36.4 Å². The van der Waals surface area contributed by atoms with Crippen molar-refractivity contribution in [3.05, 3.63) is 205 Å². The van der Waals surface area contributed by atoms with Crippen LogP contribution in [0.2, 0.25) is 0 Å². The second kappa shape index (κ2) is 12.6. The standard InChI is InChI=1S/C55H44N4/c1-4-15-38(16-5-1)57(39-17-6-2-7-18-39)41-23-25-42(26-24-41)58(40-19-8-3-9-20-40)43-27-28-53-47(32-43)49-34-51(56-55-30-29-37-31-45(37)50(55)35-55)46-33-48(46)54(49)59(53)52-22-12-14-36-13-10-11-21-44(36)52/h1-30,32,34,37,45-46,48,50,56H,31,33,35H2. The molecule has 4 heteroatoms. The van der Waals surface area contributed by atoms with E-state index in [1.165, 1.54) is 63.6 Å². The maximum Gasteiger partial charge on any atom is 0.0589 e. The summed E-state index contributed by atoms with van der Waals surface area (Å²) in [5, 5.41) is 8.09. The molecule has 6 atom stereocenters. The fourth-order valence-corrected chi connectivity index (χ4v) is 10.9. The van der Waals surface area contributed by atoms with Gasteiger partial charge >= 0.3 is 0 Å². The zero-order chi connectivity index (χ0) is 38.7. The number of para-hydroxylation sites is 3. The number of nitrogens with zero attached hydrogens (tertiary/aromatic N) is 3. The molecule has 3 fully saturated rings. The molecule has 0 aliphatic heterocycles. The number of allylic oxidation sites excluding steroid dienone is 2. The fraction of sp³-hybridized carbons (Fsp3) is 0.164. The summed E-state index contributed by atoms with van der Waals surface area (Å²) < 4.78 is 2.62. The summed E-state index contributed by atoms with van der Waals surface area (Å²) in [6.07, 6.45) is 11.5. The molecule has 59 heavy (non-hydrogen) atoms. The van der Waals surface area contributed by atoms with Crippen LogP contribution in [0, 0.1) is 23.7 Å². The summed E-state index contributed by atoms with van der Waals surface area (Å²) in [4.78, 5) is 4.74. The molecule has 0 bridgehead atoms. The lowest BCUT2D eigenvalue weighted by atomic mass is 9.96. The van der Waals surface area contributed by atoms with Gasteiger partial charge in [0.15, 0.2) is 0 Å². The highest BCUT2D eigenvalue weighted by Gasteiger charge is 2.65. The largest absolute Gasteiger partial charge is 0.379 e. The average molecular weight is 761 g/mol. The van der Waals surface area contributed by atoms with Crippen LogP contribution in [0.3, 0.4) is 0 Å². The van der Waals surface area contributed by atoms with Crippen molar-refractivity contribution >= 4 is 61.9 Å². The third-order valence-corrected chi connectivity index (χ3v) is 14.0. The van der Waals surface area contributed by atoms with Gasteiger partial charge in [0.1, 0.15) is 0 Å². The molecule has 1 aromatic heterocycles. The molecule has 3 saturated carbocycles. The normalized spacial score (nSPS) is 24.0. The highest BCUT2D eigenvalue weighted by atomic mass is 15.2. The van der Waals surface area contributed by atoms with Crippen LogP contribution in [0.25, 0.3) is 33.4 Å². The average Bonchev–Trinajstić information content (AvgIpc) is 4.21. The van der Waals surface area contributed by atoms with Crippen LogP contribution < -0.4 is 15.1 Å². The molecule has 1 N–H and O–H groups in total. The van der Waals surface area contributed by atoms with E-state index in [1.807, 2.05) is 0 Å². The van der Waals surface area contributed by atoms with E-state index in [9.17, 15) is 0 Å². The van der Waals surface area contributed by atoms with Crippen molar-refractivity contribution in [3.63, 3.8) is 0 Å². The van der Waals surface area contributed by atoms with Gasteiger partial charge in [0.05, 0.1) is 16.7 Å². The Bertz CT molecular complexity index is 2940. The second-order valence-electron chi connectivity index (χ2n) is 17.5. The Labute approximate surface area is 345 Å². The predicted octanol–water partition coefficient (Wildman–Crippen LogP) is 13.7. The first-order valence-electron chi connectivity index (χ1n) is 21.4. The zero-order valence-corrected chi connectivity index (χ0v) is 32.8. The maximum absolute atomic E-state index is 4.22. The van der Waals surface area contributed by atoms with Gasteiger partial charge in [-0.3, -0.25) is 0 Å². The van der Waals surface area contributed by atoms with E-state index < -0.39 is 0 Å². The molecule has 5 aliphatic carbocycles. The van der Waals surface area contributed by atoms with Crippen molar-refractivity contribution in [1.82, 2.24) is 9.88 Å². The summed E-state index contributed by atoms with van der Waals surface area (Å²) in [7, 11) is 0. The van der Waals surface area contributed by atoms with Crippen LogP contribution in [-0.4, -0.2) is 10.1 Å². The van der Waals surface area contributed by atoms with Gasteiger partial charge in [-0.2, -0.15) is 0 Å². The summed E-state index contributed by atoms with van der Waals surface area (Å²) in [5.41, 5.74) is 13.8. The van der Waals surface area contributed by atoms with Gasteiger partial charge in [-0.15, -0.1) is 0 Å². The van der Waals surface area contributed by atoms with Crippen molar-refractivity contribution in [2.45, 2.75) is 30.7 Å². The third-order valence-electron chi connectivity index (χ3n) is 14.0. The van der Waals surface area contributed by atoms with Crippen LogP contribution in [0.5, 0.6) is 0 Å². The Hall–Kier alpha value is -6.78. The van der Waals surface area contributed by atoms with Crippen LogP contribution in [-0.2, 0) is 0 Å². The van der Waals surface area contributed by atoms with Gasteiger partial charge in [0.2, 0.25) is 0 Å². The molecule has 0 spiro atoms. The van der Waals surface area contributed by atoms with E-state index in [1.54, 1.807) is 0 Å². The first kappa shape index (κ1) is 33.2. The number of rotatable bonds is 9. The summed E-state index contributed by atoms with van der Waals surface area (Å²) in [5.74, 6) is 3.59. The van der Waals surface area contributed by atoms with Crippen molar-refractivity contribution < 1.29 is 0 Å². The molecule has 13 rings (SSSR count). The Morgan fingerprint density at radius 3 is 1.83 bits per heavy atom. The lowest BCUT2D eigenvalue weighted by Crippen LogP contribution is -2.34. The van der Waals surface area contributed by atoms with Crippen molar-refractivity contribution in [2.24, 2.45) is 23.7 Å². The van der Waals surface area contributed by atoms with Crippen molar-refractivity contribution in [1.29, 1.82) is 0 Å². The van der Waals surface area contributed by atoms with Crippen LogP contribution in [0.15, 0.2) is 194 Å². The van der Waals surface area contributed by atoms with E-state index >= 15 is 0 Å². The smallest absolute Gasteiger partial charge is 0.0589 e. The van der Waals surface area contributed by atoms with E-state index in [-0.39, 0.29) is 5.54 Å². The SMILES string of the molecule is C1=CC2(NC3=Cc4c(n(-c5cccc6ccccc56)c5ccc(N(c6ccccc6)c6ccc(N(c7ccccc7)c7ccccc7)cc6)cc45)C4CC34)CC2C2CC12. The number of nitrogens with one attached hydrogen (secondary N) is 1. The number of benzene rings is 7. The molecule has 1 heterocycles. The molecule has 8 aromatic rings. The Balaban J connectivity index is 0.966. The first-order valence-corrected chi connectivity index (χ1v) is 21.4. The summed E-state index contributed by atoms with van der Waals surface area (Å²) >= 11 is 0. The van der Waals surface area contributed by atoms with Crippen molar-refractivity contribution in [2.75, 3.05) is 9.80 Å². The lowest BCUT2D eigenvalue weighted by Gasteiger charge is -2.28. The van der Waals surface area contributed by atoms with Crippen molar-refractivity contribution in [3.8, 4) is 5.69 Å². The summed E-state index contributed by atoms with van der Waals surface area (Å²) in [6.45, 7) is 0. The van der Waals surface area contributed by atoms with Crippen LogP contribution >= 0.6 is 0 Å². The quantitative estimate of drug-likeness (QED) is 0.148. The number of anilines is 6. The second-order valence-corrected chi connectivity index (χ2v) is 17.5. The Morgan fingerprint density at radius 1 is 0.542 bits per heavy atom. The van der Waals surface area contributed by atoms with E-state index in [4.69, 9.17) is 0 Å². The van der Waals surface area contributed by atoms with E-state index in [0.717, 1.165) is 51.9 Å². The van der Waals surface area contributed by atoms with Crippen LogP contribution in [0.4, 0.5) is 34.1 Å². The molecule has 284 valence electrons. The minimum absolute atomic E-state index is 0.167. The number of hydrogen-bond donors (Lipinski definition) is 1. The topological polar surface area (TPSA) is 23.4 Å². The zero-order valence-electron chi connectivity index (χ0n) is 32.8. The molecule has 7 aromatic carbocycles. The number of fused-ring (bicyclic) bond motifs is 9. The minimum Gasteiger partial charge on any atom is -0.379 e. The van der Waals surface area contributed by atoms with E-state index in [0.29, 0.717) is 11.8 Å². The molecular formula is C55H44N4. The molecular weight excluding hydrogens is 717 g/mol. The van der Waals surface area contributed by atoms with Gasteiger partial charge in [0, 0.05) is 73.7 Å². The number of hydrogen-bond acceptors (Lipinski definition) is 3. The molecule has 0 saturated heterocycles. The number of aromatic nitrogens is 1. The Kier molecular flexibility index (Phi) is 7.10. The molecule has 4 nitrogen and oxygen atoms in total. The lowest BCUT2D eigenvalue weighted by molar-refractivity contribution is 0.514. The molecule has 5 aliphatic rings. The Morgan fingerprint density at radius 2 is 1.14 bits per heavy atom. The highest BCUT2D eigenvalue weighted by molar-refractivity contribution is 6.00. The molecule has 0 radical (unpaired) electrons. The molecule has 0 amide bonds. The third kappa shape index (κ3) is 5.29. The monoisotopic (exact) mass is 760 g/mol. The van der Waals surface area contributed by atoms with Gasteiger partial charge in [-0.1, -0.05) is 103 Å². The van der Waals surface area contributed by atoms with E-state index in [2.05, 4.69) is 214 Å². The maximum atomic E-state index is 4.22. The summed E-state index contributed by atoms with van der Waals surface area (Å²) in [6, 6.07) is 64.0. The fourth-order valence-electron chi connectivity index (χ4n) is 10.9. The van der Waals surface area contributed by atoms with Gasteiger partial charge in [-0.25, -0.2) is 0 Å². The van der Waals surface area contributed by atoms with Gasteiger partial charge in [-0.05, 0) is 133 Å². The highest BCUT2D eigenvalue weighted by Crippen LogP contribution is 2.66. The van der Waals surface area contributed by atoms with Gasteiger partial charge in [0.25, 0.3) is 0 Å². The van der Waals surface area contributed by atoms with Gasteiger partial charge < -0.3 is 19.7 Å². The molecule has 6 unspecified atom stereocenters. The first-order chi connectivity index (χ1) is 29.2. The predicted molar refractivity (Wildman–Crippen MR) is 244 cm³/mol. The minimum atomic E-state index is 0.167.